The number of hydrogen-bond donors (Lipinski definition) is 1. The van der Waals surface area contributed by atoms with E-state index in [2.05, 4.69) is 15.5 Å². The molecule has 0 bridgehead atoms. The van der Waals surface area contributed by atoms with Crippen molar-refractivity contribution in [3.63, 3.8) is 0 Å². The molecule has 1 aliphatic rings. The van der Waals surface area contributed by atoms with E-state index in [9.17, 15) is 9.59 Å². The van der Waals surface area contributed by atoms with Crippen molar-refractivity contribution in [3.05, 3.63) is 36.0 Å². The lowest BCUT2D eigenvalue weighted by Gasteiger charge is -2.31. The van der Waals surface area contributed by atoms with Gasteiger partial charge in [0.05, 0.1) is 11.2 Å². The molecular formula is C17H20N4O4. The first kappa shape index (κ1) is 16.9. The molecule has 0 unspecified atom stereocenters. The van der Waals surface area contributed by atoms with Gasteiger partial charge in [-0.25, -0.2) is 0 Å². The van der Waals surface area contributed by atoms with Gasteiger partial charge in [-0.05, 0) is 32.9 Å². The van der Waals surface area contributed by atoms with Crippen molar-refractivity contribution >= 4 is 17.5 Å². The Bertz CT molecular complexity index is 814. The molecule has 8 heteroatoms. The van der Waals surface area contributed by atoms with Crippen LogP contribution in [-0.2, 0) is 21.7 Å². The number of nitrogens with zero attached hydrogens (tertiary/aromatic N) is 3. The van der Waals surface area contributed by atoms with Crippen LogP contribution in [0.5, 0.6) is 5.75 Å². The predicted molar refractivity (Wildman–Crippen MR) is 88.9 cm³/mol. The quantitative estimate of drug-likeness (QED) is 0.907. The number of amides is 2. The van der Waals surface area contributed by atoms with Gasteiger partial charge >= 0.3 is 0 Å². The van der Waals surface area contributed by atoms with E-state index >= 15 is 0 Å². The summed E-state index contributed by atoms with van der Waals surface area (Å²) in [7, 11) is 0. The maximum Gasteiger partial charge on any atom is 0.268 e. The van der Waals surface area contributed by atoms with Crippen LogP contribution in [-0.4, -0.2) is 28.1 Å². The van der Waals surface area contributed by atoms with Gasteiger partial charge in [0.1, 0.15) is 12.3 Å². The van der Waals surface area contributed by atoms with Crippen molar-refractivity contribution < 1.29 is 18.8 Å². The Morgan fingerprint density at radius 2 is 2.08 bits per heavy atom. The van der Waals surface area contributed by atoms with Crippen LogP contribution < -0.4 is 15.0 Å². The topological polar surface area (TPSA) is 97.6 Å². The Morgan fingerprint density at radius 3 is 2.80 bits per heavy atom. The summed E-state index contributed by atoms with van der Waals surface area (Å²) >= 11 is 0. The van der Waals surface area contributed by atoms with E-state index in [1.165, 1.54) is 6.92 Å². The molecule has 25 heavy (non-hydrogen) atoms. The first-order chi connectivity index (χ1) is 11.8. The van der Waals surface area contributed by atoms with Crippen LogP contribution in [0.25, 0.3) is 0 Å². The van der Waals surface area contributed by atoms with Crippen LogP contribution >= 0.6 is 0 Å². The molecule has 1 aromatic carbocycles. The van der Waals surface area contributed by atoms with Crippen LogP contribution in [0.15, 0.2) is 28.8 Å². The average Bonchev–Trinajstić information content (AvgIpc) is 3.00. The highest BCUT2D eigenvalue weighted by Crippen LogP contribution is 2.34. The number of aromatic nitrogens is 2. The van der Waals surface area contributed by atoms with Gasteiger partial charge in [0.2, 0.25) is 11.8 Å². The summed E-state index contributed by atoms with van der Waals surface area (Å²) in [5.74, 6) is 0.889. The maximum absolute atomic E-state index is 12.5. The van der Waals surface area contributed by atoms with E-state index in [0.717, 1.165) is 0 Å². The Labute approximate surface area is 145 Å². The molecule has 132 valence electrons. The third-order valence-corrected chi connectivity index (χ3v) is 3.88. The van der Waals surface area contributed by atoms with Gasteiger partial charge in [-0.3, -0.25) is 14.5 Å². The molecule has 0 radical (unpaired) electrons. The highest BCUT2D eigenvalue weighted by molar-refractivity contribution is 5.99. The largest absolute Gasteiger partial charge is 0.479 e. The standard InChI is InChI=1S/C17H20N4O4/c1-10-15(23)21(12-7-5-6-8-13(12)24-10)9-14-18-16(20-25-14)17(3,4)19-11(2)22/h5-8,10H,9H2,1-4H3,(H,19,22)/t10-/m0/s1. The molecule has 8 nitrogen and oxygen atoms in total. The molecule has 0 saturated carbocycles. The van der Waals surface area contributed by atoms with Crippen LogP contribution in [0.1, 0.15) is 39.4 Å². The van der Waals surface area contributed by atoms with Crippen molar-refractivity contribution in [2.24, 2.45) is 0 Å². The first-order valence-corrected chi connectivity index (χ1v) is 7.97. The van der Waals surface area contributed by atoms with Crippen LogP contribution in [0.4, 0.5) is 5.69 Å². The number of rotatable bonds is 4. The van der Waals surface area contributed by atoms with Crippen molar-refractivity contribution in [2.45, 2.75) is 45.9 Å². The van der Waals surface area contributed by atoms with E-state index in [1.54, 1.807) is 31.7 Å². The SMILES string of the molecule is CC(=O)NC(C)(C)c1noc(CN2C(=O)[C@H](C)Oc3ccccc32)n1. The number of anilines is 1. The fourth-order valence-corrected chi connectivity index (χ4v) is 2.73. The number of nitrogens with one attached hydrogen (secondary N) is 1. The molecule has 2 aromatic rings. The van der Waals surface area contributed by atoms with Gasteiger partial charge in [0, 0.05) is 6.92 Å². The molecule has 2 heterocycles. The highest BCUT2D eigenvalue weighted by atomic mass is 16.5. The molecule has 1 atom stereocenters. The number of para-hydroxylation sites is 2. The van der Waals surface area contributed by atoms with Gasteiger partial charge in [0.15, 0.2) is 11.9 Å². The van der Waals surface area contributed by atoms with Crippen molar-refractivity contribution in [1.82, 2.24) is 15.5 Å². The Hall–Kier alpha value is -2.90. The lowest BCUT2D eigenvalue weighted by atomic mass is 10.1. The Morgan fingerprint density at radius 1 is 1.36 bits per heavy atom. The molecule has 1 aromatic heterocycles. The van der Waals surface area contributed by atoms with Gasteiger partial charge < -0.3 is 14.6 Å². The second-order valence-corrected chi connectivity index (χ2v) is 6.47. The lowest BCUT2D eigenvalue weighted by Crippen LogP contribution is -2.44. The fourth-order valence-electron chi connectivity index (χ4n) is 2.73. The molecule has 0 spiro atoms. The molecule has 0 aliphatic carbocycles. The van der Waals surface area contributed by atoms with E-state index in [1.807, 2.05) is 18.2 Å². The van der Waals surface area contributed by atoms with Crippen molar-refractivity contribution in [1.29, 1.82) is 0 Å². The smallest absolute Gasteiger partial charge is 0.268 e. The van der Waals surface area contributed by atoms with Crippen LogP contribution in [0.3, 0.4) is 0 Å². The number of hydrogen-bond acceptors (Lipinski definition) is 6. The molecule has 0 fully saturated rings. The van der Waals surface area contributed by atoms with Gasteiger partial charge in [-0.15, -0.1) is 0 Å². The molecule has 0 saturated heterocycles. The van der Waals surface area contributed by atoms with E-state index < -0.39 is 11.6 Å². The zero-order valence-corrected chi connectivity index (χ0v) is 14.6. The van der Waals surface area contributed by atoms with Crippen molar-refractivity contribution in [2.75, 3.05) is 4.90 Å². The second-order valence-electron chi connectivity index (χ2n) is 6.47. The summed E-state index contributed by atoms with van der Waals surface area (Å²) in [6, 6.07) is 7.29. The fraction of sp³-hybridized carbons (Fsp3) is 0.412. The molecule has 2 amide bonds. The number of carbonyl (C=O) groups excluding carboxylic acids is 2. The monoisotopic (exact) mass is 344 g/mol. The van der Waals surface area contributed by atoms with E-state index in [-0.39, 0.29) is 24.2 Å². The summed E-state index contributed by atoms with van der Waals surface area (Å²) in [6.45, 7) is 6.81. The summed E-state index contributed by atoms with van der Waals surface area (Å²) in [6.07, 6.45) is -0.590. The maximum atomic E-state index is 12.5. The minimum Gasteiger partial charge on any atom is -0.479 e. The third-order valence-electron chi connectivity index (χ3n) is 3.88. The summed E-state index contributed by atoms with van der Waals surface area (Å²) < 4.78 is 10.9. The molecule has 3 rings (SSSR count). The molecular weight excluding hydrogens is 324 g/mol. The summed E-state index contributed by atoms with van der Waals surface area (Å²) in [4.78, 5) is 29.7. The molecule has 1 aliphatic heterocycles. The van der Waals surface area contributed by atoms with E-state index in [4.69, 9.17) is 9.26 Å². The minimum atomic E-state index is -0.770. The van der Waals surface area contributed by atoms with Gasteiger partial charge in [-0.1, -0.05) is 17.3 Å². The normalized spacial score (nSPS) is 17.0. The van der Waals surface area contributed by atoms with E-state index in [0.29, 0.717) is 17.3 Å². The van der Waals surface area contributed by atoms with Crippen molar-refractivity contribution in [3.8, 4) is 5.75 Å². The molecule has 1 N–H and O–H groups in total. The number of ether oxygens (including phenoxy) is 1. The Kier molecular flexibility index (Phi) is 4.20. The first-order valence-electron chi connectivity index (χ1n) is 7.97. The average molecular weight is 344 g/mol. The summed E-state index contributed by atoms with van der Waals surface area (Å²) in [5, 5.41) is 6.70. The van der Waals surface area contributed by atoms with Gasteiger partial charge in [-0.2, -0.15) is 4.98 Å². The van der Waals surface area contributed by atoms with Crippen LogP contribution in [0, 0.1) is 0 Å². The van der Waals surface area contributed by atoms with Gasteiger partial charge in [0.25, 0.3) is 5.91 Å². The predicted octanol–water partition coefficient (Wildman–Crippen LogP) is 1.75. The zero-order chi connectivity index (χ0) is 18.2. The summed E-state index contributed by atoms with van der Waals surface area (Å²) in [5.41, 5.74) is -0.111. The number of benzene rings is 1. The number of fused-ring (bicyclic) bond motifs is 1. The lowest BCUT2D eigenvalue weighted by molar-refractivity contribution is -0.125. The third kappa shape index (κ3) is 3.33. The Balaban J connectivity index is 1.86. The van der Waals surface area contributed by atoms with Crippen LogP contribution in [0.2, 0.25) is 0 Å². The second kappa shape index (κ2) is 6.19. The number of carbonyl (C=O) groups is 2. The minimum absolute atomic E-state index is 0.132. The highest BCUT2D eigenvalue weighted by Gasteiger charge is 2.33. The zero-order valence-electron chi connectivity index (χ0n) is 14.6.